The molecule has 1 aromatic rings. The van der Waals surface area contributed by atoms with Crippen molar-refractivity contribution in [2.75, 3.05) is 13.2 Å². The molecule has 1 aromatic carbocycles. The van der Waals surface area contributed by atoms with E-state index >= 15 is 0 Å². The predicted molar refractivity (Wildman–Crippen MR) is 57.0 cm³/mol. The lowest BCUT2D eigenvalue weighted by atomic mass is 10.2. The normalized spacial score (nSPS) is 10.0. The van der Waals surface area contributed by atoms with E-state index in [0.717, 1.165) is 6.42 Å². The zero-order valence-corrected chi connectivity index (χ0v) is 8.60. The van der Waals surface area contributed by atoms with Gasteiger partial charge < -0.3 is 10.5 Å². The summed E-state index contributed by atoms with van der Waals surface area (Å²) in [5.41, 5.74) is 5.96. The van der Waals surface area contributed by atoms with Crippen LogP contribution < -0.4 is 10.5 Å². The number of nitrogens with two attached hydrogens (primary N) is 1. The minimum absolute atomic E-state index is 0.0836. The molecule has 0 aliphatic rings. The Labute approximate surface area is 88.0 Å². The fourth-order valence-electron chi connectivity index (χ4n) is 1.22. The third-order valence-corrected chi connectivity index (χ3v) is 2.06. The van der Waals surface area contributed by atoms with Gasteiger partial charge in [-0.15, -0.1) is 0 Å². The maximum Gasteiger partial charge on any atom is 0.276 e. The van der Waals surface area contributed by atoms with Crippen LogP contribution in [-0.4, -0.2) is 18.1 Å². The first-order chi connectivity index (χ1) is 7.16. The first-order valence-electron chi connectivity index (χ1n) is 4.73. The molecular formula is C10H14N2O3. The lowest BCUT2D eigenvalue weighted by Crippen LogP contribution is -2.07. The minimum atomic E-state index is -0.412. The van der Waals surface area contributed by atoms with Crippen LogP contribution in [0.15, 0.2) is 18.2 Å². The molecule has 0 unspecified atom stereocenters. The summed E-state index contributed by atoms with van der Waals surface area (Å²) in [6, 6.07) is 4.80. The highest BCUT2D eigenvalue weighted by molar-refractivity contribution is 5.48. The molecule has 0 saturated carbocycles. The van der Waals surface area contributed by atoms with Crippen molar-refractivity contribution in [2.24, 2.45) is 5.73 Å². The van der Waals surface area contributed by atoms with Gasteiger partial charge in [-0.05, 0) is 26.0 Å². The molecule has 2 N–H and O–H groups in total. The third kappa shape index (κ3) is 2.92. The van der Waals surface area contributed by atoms with Crippen molar-refractivity contribution >= 4 is 5.69 Å². The van der Waals surface area contributed by atoms with Gasteiger partial charge in [0.1, 0.15) is 5.75 Å². The van der Waals surface area contributed by atoms with Crippen LogP contribution in [0.5, 0.6) is 5.75 Å². The van der Waals surface area contributed by atoms with Crippen molar-refractivity contribution in [2.45, 2.75) is 13.3 Å². The van der Waals surface area contributed by atoms with Crippen molar-refractivity contribution in [1.82, 2.24) is 0 Å². The van der Waals surface area contributed by atoms with Crippen LogP contribution in [-0.2, 0) is 0 Å². The molecule has 0 amide bonds. The van der Waals surface area contributed by atoms with Crippen LogP contribution in [0.25, 0.3) is 0 Å². The highest BCUT2D eigenvalue weighted by Gasteiger charge is 2.13. The smallest absolute Gasteiger partial charge is 0.276 e. The Balaban J connectivity index is 2.80. The van der Waals surface area contributed by atoms with Gasteiger partial charge in [-0.25, -0.2) is 0 Å². The second-order valence-corrected chi connectivity index (χ2v) is 3.15. The van der Waals surface area contributed by atoms with E-state index in [1.807, 2.05) is 0 Å². The molecule has 5 heteroatoms. The largest absolute Gasteiger partial charge is 0.493 e. The first-order valence-corrected chi connectivity index (χ1v) is 4.73. The highest BCUT2D eigenvalue weighted by atomic mass is 16.6. The number of rotatable bonds is 5. The average Bonchev–Trinajstić information content (AvgIpc) is 2.20. The molecule has 0 saturated heterocycles. The van der Waals surface area contributed by atoms with E-state index in [9.17, 15) is 10.1 Å². The van der Waals surface area contributed by atoms with E-state index in [4.69, 9.17) is 10.5 Å². The van der Waals surface area contributed by atoms with Crippen LogP contribution in [0.1, 0.15) is 12.0 Å². The molecule has 0 bridgehead atoms. The Morgan fingerprint density at radius 2 is 2.27 bits per heavy atom. The van der Waals surface area contributed by atoms with Crippen molar-refractivity contribution < 1.29 is 9.66 Å². The Hall–Kier alpha value is -1.62. The molecule has 0 spiro atoms. The summed E-state index contributed by atoms with van der Waals surface area (Å²) in [6.45, 7) is 2.71. The molecule has 0 aromatic heterocycles. The van der Waals surface area contributed by atoms with Gasteiger partial charge in [0.2, 0.25) is 0 Å². The van der Waals surface area contributed by atoms with E-state index in [1.54, 1.807) is 19.1 Å². The summed E-state index contributed by atoms with van der Waals surface area (Å²) in [6.07, 6.45) is 0.738. The molecule has 0 fully saturated rings. The van der Waals surface area contributed by atoms with Crippen LogP contribution >= 0.6 is 0 Å². The number of benzene rings is 1. The fourth-order valence-corrected chi connectivity index (χ4v) is 1.22. The van der Waals surface area contributed by atoms with Crippen LogP contribution in [0.3, 0.4) is 0 Å². The van der Waals surface area contributed by atoms with Crippen molar-refractivity contribution in [1.29, 1.82) is 0 Å². The van der Waals surface area contributed by atoms with Crippen molar-refractivity contribution in [3.63, 3.8) is 0 Å². The second kappa shape index (κ2) is 5.31. The zero-order valence-electron chi connectivity index (χ0n) is 8.60. The number of nitro groups is 1. The van der Waals surface area contributed by atoms with E-state index in [0.29, 0.717) is 24.5 Å². The molecule has 1 rings (SSSR count). The number of ether oxygens (including phenoxy) is 1. The number of nitrogens with zero attached hydrogens (tertiary/aromatic N) is 1. The van der Waals surface area contributed by atoms with Crippen molar-refractivity contribution in [3.05, 3.63) is 33.9 Å². The van der Waals surface area contributed by atoms with Crippen LogP contribution in [0.4, 0.5) is 5.69 Å². The van der Waals surface area contributed by atoms with Crippen LogP contribution in [0.2, 0.25) is 0 Å². The van der Waals surface area contributed by atoms with Gasteiger partial charge in [-0.3, -0.25) is 10.1 Å². The average molecular weight is 210 g/mol. The fraction of sp³-hybridized carbons (Fsp3) is 0.400. The minimum Gasteiger partial charge on any atom is -0.493 e. The molecule has 0 atom stereocenters. The molecule has 0 aliphatic heterocycles. The van der Waals surface area contributed by atoms with E-state index in [2.05, 4.69) is 0 Å². The molecule has 0 heterocycles. The summed E-state index contributed by atoms with van der Waals surface area (Å²) >= 11 is 0. The Bertz CT molecular complexity index is 353. The molecule has 82 valence electrons. The lowest BCUT2D eigenvalue weighted by Gasteiger charge is -2.08. The van der Waals surface area contributed by atoms with Crippen molar-refractivity contribution in [3.8, 4) is 5.75 Å². The zero-order chi connectivity index (χ0) is 11.3. The summed E-state index contributed by atoms with van der Waals surface area (Å²) in [4.78, 5) is 10.2. The van der Waals surface area contributed by atoms with E-state index in [-0.39, 0.29) is 5.69 Å². The SMILES string of the molecule is Cc1c(OCCCN)cccc1[N+](=O)[O-]. The molecular weight excluding hydrogens is 196 g/mol. The van der Waals surface area contributed by atoms with Gasteiger partial charge in [-0.1, -0.05) is 6.07 Å². The third-order valence-electron chi connectivity index (χ3n) is 2.06. The Kier molecular flexibility index (Phi) is 4.05. The molecule has 0 radical (unpaired) electrons. The Morgan fingerprint density at radius 3 is 2.87 bits per heavy atom. The number of hydrogen-bond donors (Lipinski definition) is 1. The molecule has 15 heavy (non-hydrogen) atoms. The first kappa shape index (κ1) is 11.5. The molecule has 5 nitrogen and oxygen atoms in total. The highest BCUT2D eigenvalue weighted by Crippen LogP contribution is 2.26. The summed E-state index contributed by atoms with van der Waals surface area (Å²) in [7, 11) is 0. The summed E-state index contributed by atoms with van der Waals surface area (Å²) in [5.74, 6) is 0.553. The maximum atomic E-state index is 10.6. The van der Waals surface area contributed by atoms with Gasteiger partial charge in [0.15, 0.2) is 0 Å². The van der Waals surface area contributed by atoms with E-state index in [1.165, 1.54) is 6.07 Å². The van der Waals surface area contributed by atoms with E-state index < -0.39 is 4.92 Å². The summed E-state index contributed by atoms with van der Waals surface area (Å²) < 4.78 is 5.38. The quantitative estimate of drug-likeness (QED) is 0.455. The van der Waals surface area contributed by atoms with Gasteiger partial charge in [-0.2, -0.15) is 0 Å². The summed E-state index contributed by atoms with van der Waals surface area (Å²) in [5, 5.41) is 10.6. The van der Waals surface area contributed by atoms with Gasteiger partial charge >= 0.3 is 0 Å². The second-order valence-electron chi connectivity index (χ2n) is 3.15. The topological polar surface area (TPSA) is 78.4 Å². The monoisotopic (exact) mass is 210 g/mol. The van der Waals surface area contributed by atoms with Gasteiger partial charge in [0, 0.05) is 6.07 Å². The van der Waals surface area contributed by atoms with Gasteiger partial charge in [0.25, 0.3) is 5.69 Å². The standard InChI is InChI=1S/C10H14N2O3/c1-8-9(12(13)14)4-2-5-10(8)15-7-3-6-11/h2,4-5H,3,6-7,11H2,1H3. The number of hydrogen-bond acceptors (Lipinski definition) is 4. The van der Waals surface area contributed by atoms with Crippen LogP contribution in [0, 0.1) is 17.0 Å². The predicted octanol–water partition coefficient (Wildman–Crippen LogP) is 1.63. The maximum absolute atomic E-state index is 10.6. The van der Waals surface area contributed by atoms with Gasteiger partial charge in [0.05, 0.1) is 17.1 Å². The number of nitro benzene ring substituents is 1. The lowest BCUT2D eigenvalue weighted by molar-refractivity contribution is -0.385. The molecule has 0 aliphatic carbocycles. The Morgan fingerprint density at radius 1 is 1.53 bits per heavy atom.